The van der Waals surface area contributed by atoms with Gasteiger partial charge in [0.25, 0.3) is 5.79 Å². The molecule has 28 heavy (non-hydrogen) atoms. The molecule has 0 aromatic heterocycles. The standard InChI is InChI=1S/C21H20ClNO5/c1-12-5-6-13(2)18(9-12)26-17-8-7-14(10-16(17)22)23-11-15-19(24)27-21(3,4)28-20(15)25/h5-11,23H,1-4H3. The van der Waals surface area contributed by atoms with Crippen LogP contribution in [0.15, 0.2) is 48.2 Å². The third kappa shape index (κ3) is 4.46. The van der Waals surface area contributed by atoms with E-state index in [-0.39, 0.29) is 5.57 Å². The maximum Gasteiger partial charge on any atom is 0.350 e. The number of carbonyl (C=O) groups excluding carboxylic acids is 2. The summed E-state index contributed by atoms with van der Waals surface area (Å²) in [7, 11) is 0. The van der Waals surface area contributed by atoms with Crippen LogP contribution in [0.2, 0.25) is 5.02 Å². The molecule has 0 spiro atoms. The molecule has 6 nitrogen and oxygen atoms in total. The number of aryl methyl sites for hydroxylation is 2. The fourth-order valence-electron chi connectivity index (χ4n) is 2.54. The van der Waals surface area contributed by atoms with Crippen LogP contribution < -0.4 is 10.1 Å². The van der Waals surface area contributed by atoms with Gasteiger partial charge >= 0.3 is 11.9 Å². The molecule has 0 unspecified atom stereocenters. The Morgan fingerprint density at radius 1 is 1.00 bits per heavy atom. The Balaban J connectivity index is 1.75. The number of carbonyl (C=O) groups is 2. The first-order chi connectivity index (χ1) is 13.1. The third-order valence-electron chi connectivity index (χ3n) is 4.00. The molecule has 1 N–H and O–H groups in total. The summed E-state index contributed by atoms with van der Waals surface area (Å²) < 4.78 is 16.0. The molecule has 7 heteroatoms. The number of rotatable bonds is 4. The van der Waals surface area contributed by atoms with E-state index in [4.69, 9.17) is 25.8 Å². The van der Waals surface area contributed by atoms with Crippen LogP contribution in [0.4, 0.5) is 5.69 Å². The monoisotopic (exact) mass is 401 g/mol. The molecule has 1 fully saturated rings. The number of anilines is 1. The minimum atomic E-state index is -1.28. The average molecular weight is 402 g/mol. The van der Waals surface area contributed by atoms with Crippen molar-refractivity contribution < 1.29 is 23.8 Å². The lowest BCUT2D eigenvalue weighted by atomic mass is 10.1. The first-order valence-corrected chi connectivity index (χ1v) is 9.00. The lowest BCUT2D eigenvalue weighted by Crippen LogP contribution is -2.42. The molecule has 146 valence electrons. The number of nitrogens with one attached hydrogen (secondary N) is 1. The fourth-order valence-corrected chi connectivity index (χ4v) is 2.76. The van der Waals surface area contributed by atoms with E-state index in [0.717, 1.165) is 16.9 Å². The van der Waals surface area contributed by atoms with Crippen molar-refractivity contribution in [3.05, 3.63) is 64.3 Å². The molecular formula is C21H20ClNO5. The lowest BCUT2D eigenvalue weighted by molar-refractivity contribution is -0.222. The van der Waals surface area contributed by atoms with Crippen molar-refractivity contribution in [2.24, 2.45) is 0 Å². The Kier molecular flexibility index (Phi) is 5.34. The van der Waals surface area contributed by atoms with Gasteiger partial charge in [-0.25, -0.2) is 9.59 Å². The van der Waals surface area contributed by atoms with Gasteiger partial charge in [-0.3, -0.25) is 0 Å². The zero-order chi connectivity index (χ0) is 20.5. The number of benzene rings is 2. The second kappa shape index (κ2) is 7.56. The maximum absolute atomic E-state index is 11.9. The van der Waals surface area contributed by atoms with E-state index in [0.29, 0.717) is 16.5 Å². The Labute approximate surface area is 168 Å². The number of cyclic esters (lactones) is 2. The maximum atomic E-state index is 11.9. The van der Waals surface area contributed by atoms with Gasteiger partial charge in [0.1, 0.15) is 11.5 Å². The second-order valence-electron chi connectivity index (χ2n) is 6.90. The molecule has 3 rings (SSSR count). The Bertz CT molecular complexity index is 959. The number of ether oxygens (including phenoxy) is 3. The topological polar surface area (TPSA) is 73.9 Å². The van der Waals surface area contributed by atoms with E-state index in [1.54, 1.807) is 18.2 Å². The average Bonchev–Trinajstić information content (AvgIpc) is 2.58. The van der Waals surface area contributed by atoms with Crippen LogP contribution in [0.3, 0.4) is 0 Å². The van der Waals surface area contributed by atoms with Gasteiger partial charge in [-0.2, -0.15) is 0 Å². The molecule has 0 aliphatic carbocycles. The van der Waals surface area contributed by atoms with Crippen molar-refractivity contribution in [1.82, 2.24) is 0 Å². The Morgan fingerprint density at radius 3 is 2.32 bits per heavy atom. The highest BCUT2D eigenvalue weighted by Gasteiger charge is 2.38. The highest BCUT2D eigenvalue weighted by atomic mass is 35.5. The highest BCUT2D eigenvalue weighted by Crippen LogP contribution is 2.33. The zero-order valence-corrected chi connectivity index (χ0v) is 16.7. The summed E-state index contributed by atoms with van der Waals surface area (Å²) in [5, 5.41) is 3.23. The minimum absolute atomic E-state index is 0.230. The molecule has 0 saturated carbocycles. The van der Waals surface area contributed by atoms with E-state index in [9.17, 15) is 9.59 Å². The molecule has 1 heterocycles. The van der Waals surface area contributed by atoms with Gasteiger partial charge in [0.2, 0.25) is 0 Å². The molecule has 0 bridgehead atoms. The van der Waals surface area contributed by atoms with E-state index in [2.05, 4.69) is 5.32 Å². The van der Waals surface area contributed by atoms with Crippen LogP contribution in [-0.2, 0) is 19.1 Å². The van der Waals surface area contributed by atoms with Crippen molar-refractivity contribution >= 4 is 29.2 Å². The summed E-state index contributed by atoms with van der Waals surface area (Å²) in [6, 6.07) is 11.0. The SMILES string of the molecule is Cc1ccc(C)c(Oc2ccc(NC=C3C(=O)OC(C)(C)OC3=O)cc2Cl)c1. The largest absolute Gasteiger partial charge is 0.456 e. The van der Waals surface area contributed by atoms with Crippen molar-refractivity contribution in [2.75, 3.05) is 5.32 Å². The normalized spacial score (nSPS) is 15.5. The smallest absolute Gasteiger partial charge is 0.350 e. The van der Waals surface area contributed by atoms with Gasteiger partial charge in [-0.1, -0.05) is 23.7 Å². The quantitative estimate of drug-likeness (QED) is 0.447. The van der Waals surface area contributed by atoms with Gasteiger partial charge in [0, 0.05) is 25.7 Å². The number of hydrogen-bond donors (Lipinski definition) is 1. The zero-order valence-electron chi connectivity index (χ0n) is 16.0. The van der Waals surface area contributed by atoms with Crippen LogP contribution >= 0.6 is 11.6 Å². The second-order valence-corrected chi connectivity index (χ2v) is 7.30. The van der Waals surface area contributed by atoms with E-state index >= 15 is 0 Å². The fraction of sp³-hybridized carbons (Fsp3) is 0.238. The first-order valence-electron chi connectivity index (χ1n) is 8.63. The minimum Gasteiger partial charge on any atom is -0.456 e. The number of hydrogen-bond acceptors (Lipinski definition) is 6. The van der Waals surface area contributed by atoms with Crippen LogP contribution in [0.5, 0.6) is 11.5 Å². The lowest BCUT2D eigenvalue weighted by Gasteiger charge is -2.29. The Hall–Kier alpha value is -2.99. The molecule has 2 aromatic rings. The van der Waals surface area contributed by atoms with E-state index in [1.807, 2.05) is 32.0 Å². The molecule has 0 radical (unpaired) electrons. The van der Waals surface area contributed by atoms with Gasteiger partial charge in [0.05, 0.1) is 5.02 Å². The predicted octanol–water partition coefficient (Wildman–Crippen LogP) is 4.88. The summed E-state index contributed by atoms with van der Waals surface area (Å²) in [4.78, 5) is 23.9. The summed E-state index contributed by atoms with van der Waals surface area (Å²) in [5.74, 6) is -1.57. The van der Waals surface area contributed by atoms with Crippen LogP contribution in [-0.4, -0.2) is 17.7 Å². The van der Waals surface area contributed by atoms with Crippen molar-refractivity contribution in [3.63, 3.8) is 0 Å². The third-order valence-corrected chi connectivity index (χ3v) is 4.29. The van der Waals surface area contributed by atoms with E-state index in [1.165, 1.54) is 20.0 Å². The molecule has 0 amide bonds. The number of halogens is 1. The summed E-state index contributed by atoms with van der Waals surface area (Å²) >= 11 is 6.32. The molecule has 0 atom stereocenters. The summed E-state index contributed by atoms with van der Waals surface area (Å²) in [5.41, 5.74) is 2.41. The highest BCUT2D eigenvalue weighted by molar-refractivity contribution is 6.32. The molecular weight excluding hydrogens is 382 g/mol. The van der Waals surface area contributed by atoms with Crippen molar-refractivity contribution in [1.29, 1.82) is 0 Å². The first kappa shape index (κ1) is 19.8. The molecule has 1 saturated heterocycles. The van der Waals surface area contributed by atoms with Crippen molar-refractivity contribution in [2.45, 2.75) is 33.5 Å². The van der Waals surface area contributed by atoms with Gasteiger partial charge in [-0.15, -0.1) is 0 Å². The van der Waals surface area contributed by atoms with Crippen LogP contribution in [0, 0.1) is 13.8 Å². The summed E-state index contributed by atoms with van der Waals surface area (Å²) in [6.45, 7) is 6.91. The van der Waals surface area contributed by atoms with Crippen molar-refractivity contribution in [3.8, 4) is 11.5 Å². The van der Waals surface area contributed by atoms with Gasteiger partial charge < -0.3 is 19.5 Å². The van der Waals surface area contributed by atoms with Gasteiger partial charge in [0.15, 0.2) is 5.57 Å². The molecule has 2 aromatic carbocycles. The van der Waals surface area contributed by atoms with Gasteiger partial charge in [-0.05, 0) is 49.2 Å². The molecule has 1 aliphatic rings. The van der Waals surface area contributed by atoms with Crippen LogP contribution in [0.1, 0.15) is 25.0 Å². The molecule has 1 aliphatic heterocycles. The van der Waals surface area contributed by atoms with E-state index < -0.39 is 17.7 Å². The van der Waals surface area contributed by atoms with Crippen LogP contribution in [0.25, 0.3) is 0 Å². The summed E-state index contributed by atoms with van der Waals surface area (Å²) in [6.07, 6.45) is 1.23. The number of esters is 2. The predicted molar refractivity (Wildman–Crippen MR) is 105 cm³/mol. The Morgan fingerprint density at radius 2 is 1.68 bits per heavy atom.